The Hall–Kier alpha value is -2.35. The van der Waals surface area contributed by atoms with Crippen molar-refractivity contribution in [3.8, 4) is 5.75 Å². The molecule has 5 rings (SSSR count). The van der Waals surface area contributed by atoms with Crippen LogP contribution < -0.4 is 4.74 Å². The van der Waals surface area contributed by atoms with E-state index in [4.69, 9.17) is 4.74 Å². The molecule has 2 aliphatic carbocycles. The summed E-state index contributed by atoms with van der Waals surface area (Å²) in [4.78, 5) is 13.0. The summed E-state index contributed by atoms with van der Waals surface area (Å²) in [5.41, 5.74) is 5.03. The Balaban J connectivity index is 1.23. The molecule has 2 saturated carbocycles. The Morgan fingerprint density at radius 1 is 0.853 bits per heavy atom. The minimum Gasteiger partial charge on any atom is -0.426 e. The second-order valence-electron chi connectivity index (χ2n) is 11.3. The van der Waals surface area contributed by atoms with Crippen molar-refractivity contribution in [3.05, 3.63) is 77.4 Å². The minimum atomic E-state index is -0.195. The Bertz CT molecular complexity index is 988. The summed E-state index contributed by atoms with van der Waals surface area (Å²) in [5, 5.41) is 0. The number of hydrogen-bond acceptors (Lipinski definition) is 2. The molecule has 0 aromatic heterocycles. The van der Waals surface area contributed by atoms with Gasteiger partial charge in [-0.1, -0.05) is 62.2 Å². The summed E-state index contributed by atoms with van der Waals surface area (Å²) in [6.07, 6.45) is 15.5. The highest BCUT2D eigenvalue weighted by atomic mass is 16.5. The molecule has 1 heterocycles. The van der Waals surface area contributed by atoms with Crippen LogP contribution in [0, 0.1) is 11.8 Å². The van der Waals surface area contributed by atoms with Gasteiger partial charge in [0.15, 0.2) is 0 Å². The highest BCUT2D eigenvalue weighted by molar-refractivity contribution is 5.83. The fourth-order valence-electron chi connectivity index (χ4n) is 6.56. The maximum absolute atomic E-state index is 13.0. The van der Waals surface area contributed by atoms with Gasteiger partial charge in [0.05, 0.1) is 5.92 Å². The summed E-state index contributed by atoms with van der Waals surface area (Å²) in [7, 11) is 0. The van der Waals surface area contributed by atoms with Crippen molar-refractivity contribution in [2.24, 2.45) is 11.8 Å². The molecule has 2 fully saturated rings. The monoisotopic (exact) mass is 456 g/mol. The molecule has 2 aromatic rings. The van der Waals surface area contributed by atoms with E-state index in [9.17, 15) is 4.79 Å². The fraction of sp³-hybridized carbons (Fsp3) is 0.531. The normalized spacial score (nSPS) is 29.2. The molecule has 1 aliphatic heterocycles. The third-order valence-electron chi connectivity index (χ3n) is 8.93. The molecule has 0 bridgehead atoms. The molecule has 0 spiro atoms. The van der Waals surface area contributed by atoms with Crippen molar-refractivity contribution in [1.82, 2.24) is 0 Å². The van der Waals surface area contributed by atoms with Crippen LogP contribution >= 0.6 is 0 Å². The lowest BCUT2D eigenvalue weighted by Crippen LogP contribution is -2.26. The minimum absolute atomic E-state index is 0.1000. The smallest absolute Gasteiger partial charge is 0.319 e. The van der Waals surface area contributed by atoms with Crippen LogP contribution in [0.3, 0.4) is 0 Å². The van der Waals surface area contributed by atoms with Crippen LogP contribution in [0.2, 0.25) is 0 Å². The van der Waals surface area contributed by atoms with Crippen LogP contribution in [0.1, 0.15) is 111 Å². The Kier molecular flexibility index (Phi) is 7.23. The first kappa shape index (κ1) is 23.4. The summed E-state index contributed by atoms with van der Waals surface area (Å²) in [6.45, 7) is 6.23. The molecule has 1 unspecified atom stereocenters. The standard InChI is InChI=1S/C32H40O2/c1-3-4-5-23-8-12-26(13-9-23)28-18-19-29-20-30(32(33)34-31(29)21-28)27-16-14-25(15-17-27)24-10-6-22(2)7-11-24/h3,14-19,21-24,26,30H,1,4-13,20H2,2H3. The van der Waals surface area contributed by atoms with Gasteiger partial charge in [-0.25, -0.2) is 0 Å². The van der Waals surface area contributed by atoms with Crippen LogP contribution in [0.4, 0.5) is 0 Å². The largest absolute Gasteiger partial charge is 0.426 e. The molecule has 0 radical (unpaired) electrons. The second kappa shape index (κ2) is 10.5. The van der Waals surface area contributed by atoms with Gasteiger partial charge in [-0.05, 0) is 110 Å². The molecule has 3 aliphatic rings. The first-order chi connectivity index (χ1) is 16.6. The van der Waals surface area contributed by atoms with Crippen molar-refractivity contribution >= 4 is 5.97 Å². The summed E-state index contributed by atoms with van der Waals surface area (Å²) in [6, 6.07) is 15.5. The van der Waals surface area contributed by atoms with Crippen molar-refractivity contribution in [2.45, 2.75) is 95.3 Å². The van der Waals surface area contributed by atoms with Gasteiger partial charge in [0.25, 0.3) is 0 Å². The van der Waals surface area contributed by atoms with Gasteiger partial charge < -0.3 is 4.74 Å². The molecule has 1 atom stereocenters. The van der Waals surface area contributed by atoms with E-state index in [0.29, 0.717) is 11.8 Å². The van der Waals surface area contributed by atoms with Gasteiger partial charge in [-0.2, -0.15) is 0 Å². The van der Waals surface area contributed by atoms with Crippen molar-refractivity contribution in [3.63, 3.8) is 0 Å². The zero-order chi connectivity index (χ0) is 23.5. The van der Waals surface area contributed by atoms with Gasteiger partial charge >= 0.3 is 5.97 Å². The van der Waals surface area contributed by atoms with Crippen molar-refractivity contribution in [2.75, 3.05) is 0 Å². The lowest BCUT2D eigenvalue weighted by molar-refractivity contribution is -0.137. The first-order valence-corrected chi connectivity index (χ1v) is 13.7. The highest BCUT2D eigenvalue weighted by Gasteiger charge is 2.31. The molecule has 180 valence electrons. The van der Waals surface area contributed by atoms with Gasteiger partial charge in [0.1, 0.15) is 5.75 Å². The maximum Gasteiger partial charge on any atom is 0.319 e. The number of ether oxygens (including phenoxy) is 1. The van der Waals surface area contributed by atoms with Crippen molar-refractivity contribution in [1.29, 1.82) is 0 Å². The van der Waals surface area contributed by atoms with Crippen LogP contribution in [0.5, 0.6) is 5.75 Å². The number of hydrogen-bond donors (Lipinski definition) is 0. The van der Waals surface area contributed by atoms with Crippen LogP contribution in [0.15, 0.2) is 55.1 Å². The lowest BCUT2D eigenvalue weighted by Gasteiger charge is -2.30. The maximum atomic E-state index is 13.0. The molecule has 0 amide bonds. The summed E-state index contributed by atoms with van der Waals surface area (Å²) >= 11 is 0. The van der Waals surface area contributed by atoms with Gasteiger partial charge in [-0.15, -0.1) is 6.58 Å². The number of esters is 1. The van der Waals surface area contributed by atoms with Crippen LogP contribution in [-0.4, -0.2) is 5.97 Å². The predicted molar refractivity (Wildman–Crippen MR) is 139 cm³/mol. The molecule has 2 nitrogen and oxygen atoms in total. The molecule has 0 saturated heterocycles. The average Bonchev–Trinajstić information content (AvgIpc) is 2.88. The third-order valence-corrected chi connectivity index (χ3v) is 8.93. The molecular formula is C32H40O2. The van der Waals surface area contributed by atoms with E-state index in [1.807, 2.05) is 6.08 Å². The summed E-state index contributed by atoms with van der Waals surface area (Å²) in [5.74, 6) is 3.48. The fourth-order valence-corrected chi connectivity index (χ4v) is 6.56. The Morgan fingerprint density at radius 2 is 1.47 bits per heavy atom. The SMILES string of the molecule is C=CCCC1CCC(c2ccc3c(c2)OC(=O)C(c2ccc(C4CCC(C)CC4)cc2)C3)CC1. The van der Waals surface area contributed by atoms with E-state index in [2.05, 4.69) is 56.0 Å². The van der Waals surface area contributed by atoms with Gasteiger partial charge in [0, 0.05) is 0 Å². The van der Waals surface area contributed by atoms with Gasteiger partial charge in [-0.3, -0.25) is 4.79 Å². The van der Waals surface area contributed by atoms with E-state index in [1.54, 1.807) is 0 Å². The Labute approximate surface area is 205 Å². The quantitative estimate of drug-likeness (QED) is 0.247. The predicted octanol–water partition coefficient (Wildman–Crippen LogP) is 8.47. The topological polar surface area (TPSA) is 26.3 Å². The molecule has 2 aromatic carbocycles. The number of fused-ring (bicyclic) bond motifs is 1. The molecule has 34 heavy (non-hydrogen) atoms. The van der Waals surface area contributed by atoms with Crippen molar-refractivity contribution < 1.29 is 9.53 Å². The molecular weight excluding hydrogens is 416 g/mol. The van der Waals surface area contributed by atoms with E-state index in [0.717, 1.165) is 36.0 Å². The lowest BCUT2D eigenvalue weighted by atomic mass is 9.76. The number of rotatable bonds is 6. The third kappa shape index (κ3) is 5.16. The van der Waals surface area contributed by atoms with E-state index >= 15 is 0 Å². The summed E-state index contributed by atoms with van der Waals surface area (Å²) < 4.78 is 5.91. The average molecular weight is 457 g/mol. The van der Waals surface area contributed by atoms with Gasteiger partial charge in [0.2, 0.25) is 0 Å². The number of carbonyl (C=O) groups excluding carboxylic acids is 1. The Morgan fingerprint density at radius 3 is 2.18 bits per heavy atom. The van der Waals surface area contributed by atoms with Crippen LogP contribution in [-0.2, 0) is 11.2 Å². The molecule has 2 heteroatoms. The van der Waals surface area contributed by atoms with E-state index < -0.39 is 0 Å². The van der Waals surface area contributed by atoms with Crippen LogP contribution in [0.25, 0.3) is 0 Å². The van der Waals surface area contributed by atoms with E-state index in [-0.39, 0.29) is 11.9 Å². The zero-order valence-electron chi connectivity index (χ0n) is 20.8. The number of carbonyl (C=O) groups is 1. The zero-order valence-corrected chi connectivity index (χ0v) is 20.8. The number of benzene rings is 2. The second-order valence-corrected chi connectivity index (χ2v) is 11.3. The first-order valence-electron chi connectivity index (χ1n) is 13.7. The van der Waals surface area contributed by atoms with E-state index in [1.165, 1.54) is 74.5 Å². The highest BCUT2D eigenvalue weighted by Crippen LogP contribution is 2.41. The molecule has 0 N–H and O–H groups in total. The number of allylic oxidation sites excluding steroid dienone is 1.